The predicted octanol–water partition coefficient (Wildman–Crippen LogP) is 1.96. The summed E-state index contributed by atoms with van der Waals surface area (Å²) in [6, 6.07) is 0. The van der Waals surface area contributed by atoms with Gasteiger partial charge in [-0.1, -0.05) is 26.7 Å². The van der Waals surface area contributed by atoms with Crippen molar-refractivity contribution in [1.29, 1.82) is 0 Å². The third-order valence-corrected chi connectivity index (χ3v) is 2.02. The Morgan fingerprint density at radius 2 is 2.40 bits per heavy atom. The van der Waals surface area contributed by atoms with Gasteiger partial charge in [0, 0.05) is 11.1 Å². The van der Waals surface area contributed by atoms with E-state index in [1.165, 1.54) is 0 Å². The van der Waals surface area contributed by atoms with E-state index in [4.69, 9.17) is 0 Å². The molecular formula is C2H5BrS2. The van der Waals surface area contributed by atoms with Crippen molar-refractivity contribution in [1.82, 2.24) is 0 Å². The molecule has 3 heteroatoms. The molecule has 0 saturated carbocycles. The minimum atomic E-state index is 1.04. The SMILES string of the molecule is SSCCBr. The lowest BCUT2D eigenvalue weighted by molar-refractivity contribution is 1.60. The molecule has 0 aliphatic carbocycles. The monoisotopic (exact) mass is 172 g/mol. The fourth-order valence-corrected chi connectivity index (χ4v) is 1.61. The zero-order valence-electron chi connectivity index (χ0n) is 2.65. The first kappa shape index (κ1) is 6.18. The van der Waals surface area contributed by atoms with E-state index in [1.54, 1.807) is 10.8 Å². The quantitative estimate of drug-likeness (QED) is 0.378. The number of alkyl halides is 1. The van der Waals surface area contributed by atoms with Crippen molar-refractivity contribution in [2.45, 2.75) is 0 Å². The Hall–Kier alpha value is 1.18. The minimum absolute atomic E-state index is 1.04. The average molecular weight is 173 g/mol. The van der Waals surface area contributed by atoms with Crippen LogP contribution in [0, 0.1) is 0 Å². The van der Waals surface area contributed by atoms with Crippen molar-refractivity contribution in [2.24, 2.45) is 0 Å². The van der Waals surface area contributed by atoms with Crippen molar-refractivity contribution < 1.29 is 0 Å². The van der Waals surface area contributed by atoms with Gasteiger partial charge in [-0.15, -0.1) is 11.7 Å². The highest BCUT2D eigenvalue weighted by Gasteiger charge is 1.70. The van der Waals surface area contributed by atoms with E-state index in [9.17, 15) is 0 Å². The first-order chi connectivity index (χ1) is 2.41. The summed E-state index contributed by atoms with van der Waals surface area (Å²) in [4.78, 5) is 0. The molecule has 0 aliphatic heterocycles. The average Bonchev–Trinajstić information content (AvgIpc) is 1.41. The molecule has 0 bridgehead atoms. The summed E-state index contributed by atoms with van der Waals surface area (Å²) in [6.07, 6.45) is 0. The van der Waals surface area contributed by atoms with Gasteiger partial charge in [0.2, 0.25) is 0 Å². The molecule has 0 heterocycles. The molecule has 0 aromatic carbocycles. The van der Waals surface area contributed by atoms with Gasteiger partial charge in [0.05, 0.1) is 0 Å². The molecule has 0 spiro atoms. The number of thiol groups is 1. The zero-order chi connectivity index (χ0) is 4.12. The van der Waals surface area contributed by atoms with Gasteiger partial charge in [-0.2, -0.15) is 0 Å². The maximum absolute atomic E-state index is 3.89. The lowest BCUT2D eigenvalue weighted by Gasteiger charge is -1.77. The van der Waals surface area contributed by atoms with Gasteiger partial charge in [0.25, 0.3) is 0 Å². The van der Waals surface area contributed by atoms with Gasteiger partial charge >= 0.3 is 0 Å². The summed E-state index contributed by atoms with van der Waals surface area (Å²) in [5, 5.41) is 1.04. The Labute approximate surface area is 49.6 Å². The van der Waals surface area contributed by atoms with Gasteiger partial charge in [-0.3, -0.25) is 0 Å². The van der Waals surface area contributed by atoms with Gasteiger partial charge in [0.15, 0.2) is 0 Å². The smallest absolute Gasteiger partial charge is 0.0132 e. The van der Waals surface area contributed by atoms with Crippen molar-refractivity contribution in [3.8, 4) is 0 Å². The van der Waals surface area contributed by atoms with Gasteiger partial charge in [-0.25, -0.2) is 0 Å². The summed E-state index contributed by atoms with van der Waals surface area (Å²) in [5.74, 6) is 1.09. The van der Waals surface area contributed by atoms with Crippen LogP contribution in [-0.4, -0.2) is 11.1 Å². The number of rotatable bonds is 2. The zero-order valence-corrected chi connectivity index (χ0v) is 5.94. The van der Waals surface area contributed by atoms with Gasteiger partial charge in [0.1, 0.15) is 0 Å². The Kier molecular flexibility index (Phi) is 6.40. The molecule has 0 aromatic heterocycles. The van der Waals surface area contributed by atoms with Crippen molar-refractivity contribution >= 4 is 38.4 Å². The van der Waals surface area contributed by atoms with Gasteiger partial charge < -0.3 is 0 Å². The minimum Gasteiger partial charge on any atom is -0.111 e. The fraction of sp³-hybridized carbons (Fsp3) is 1.00. The van der Waals surface area contributed by atoms with E-state index in [0.717, 1.165) is 11.1 Å². The molecule has 0 saturated heterocycles. The van der Waals surface area contributed by atoms with Crippen molar-refractivity contribution in [3.05, 3.63) is 0 Å². The Morgan fingerprint density at radius 1 is 1.80 bits per heavy atom. The molecule has 5 heavy (non-hydrogen) atoms. The molecule has 0 amide bonds. The highest BCUT2D eigenvalue weighted by Crippen LogP contribution is 2.03. The van der Waals surface area contributed by atoms with Crippen LogP contribution in [0.2, 0.25) is 0 Å². The van der Waals surface area contributed by atoms with E-state index in [2.05, 4.69) is 27.6 Å². The molecule has 0 rings (SSSR count). The van der Waals surface area contributed by atoms with Crippen LogP contribution in [0.1, 0.15) is 0 Å². The van der Waals surface area contributed by atoms with Crippen LogP contribution >= 0.6 is 38.4 Å². The van der Waals surface area contributed by atoms with Crippen LogP contribution in [0.5, 0.6) is 0 Å². The molecule has 0 aromatic rings. The maximum Gasteiger partial charge on any atom is 0.0132 e. The lowest BCUT2D eigenvalue weighted by atomic mass is 11.0. The van der Waals surface area contributed by atoms with E-state index < -0.39 is 0 Å². The normalized spacial score (nSPS) is 8.40. The van der Waals surface area contributed by atoms with E-state index >= 15 is 0 Å². The lowest BCUT2D eigenvalue weighted by Crippen LogP contribution is -1.67. The number of halogens is 1. The van der Waals surface area contributed by atoms with E-state index in [1.807, 2.05) is 0 Å². The topological polar surface area (TPSA) is 0 Å². The van der Waals surface area contributed by atoms with E-state index in [0.29, 0.717) is 0 Å². The Bertz CT molecular complexity index is 15.1. The molecule has 0 atom stereocenters. The number of hydrogen-bond acceptors (Lipinski definition) is 2. The van der Waals surface area contributed by atoms with Crippen LogP contribution in [0.25, 0.3) is 0 Å². The third-order valence-electron chi connectivity index (χ3n) is 0.168. The number of hydrogen-bond donors (Lipinski definition) is 1. The standard InChI is InChI=1S/C2H5BrS2/c3-1-2-5-4/h4H,1-2H2. The maximum atomic E-state index is 3.89. The first-order valence-corrected chi connectivity index (χ1v) is 4.40. The molecule has 0 unspecified atom stereocenters. The largest absolute Gasteiger partial charge is 0.111 e. The predicted molar refractivity (Wildman–Crippen MR) is 35.2 cm³/mol. The second-order valence-electron chi connectivity index (χ2n) is 0.522. The van der Waals surface area contributed by atoms with Crippen LogP contribution in [0.4, 0.5) is 0 Å². The Balaban J connectivity index is 2.19. The summed E-state index contributed by atoms with van der Waals surface area (Å²) in [6.45, 7) is 0. The molecule has 0 aliphatic rings. The second-order valence-corrected chi connectivity index (χ2v) is 2.76. The summed E-state index contributed by atoms with van der Waals surface area (Å²) in [5.41, 5.74) is 0. The van der Waals surface area contributed by atoms with Crippen LogP contribution in [0.3, 0.4) is 0 Å². The first-order valence-electron chi connectivity index (χ1n) is 1.24. The van der Waals surface area contributed by atoms with Crippen molar-refractivity contribution in [3.63, 3.8) is 0 Å². The summed E-state index contributed by atoms with van der Waals surface area (Å²) >= 11 is 7.13. The van der Waals surface area contributed by atoms with E-state index in [-0.39, 0.29) is 0 Å². The second kappa shape index (κ2) is 5.18. The fourth-order valence-electron chi connectivity index (χ4n) is 0.0345. The van der Waals surface area contributed by atoms with Crippen LogP contribution < -0.4 is 0 Å². The van der Waals surface area contributed by atoms with Gasteiger partial charge in [-0.05, 0) is 0 Å². The highest BCUT2D eigenvalue weighted by atomic mass is 79.9. The molecule has 0 N–H and O–H groups in total. The van der Waals surface area contributed by atoms with Crippen LogP contribution in [-0.2, 0) is 0 Å². The van der Waals surface area contributed by atoms with Crippen molar-refractivity contribution in [2.75, 3.05) is 11.1 Å². The molecule has 32 valence electrons. The highest BCUT2D eigenvalue weighted by molar-refractivity contribution is 9.09. The third kappa shape index (κ3) is 5.18. The summed E-state index contributed by atoms with van der Waals surface area (Å²) < 4.78 is 0. The molecular weight excluding hydrogens is 168 g/mol. The Morgan fingerprint density at radius 3 is 2.40 bits per heavy atom. The summed E-state index contributed by atoms with van der Waals surface area (Å²) in [7, 11) is 1.55. The van der Waals surface area contributed by atoms with Crippen LogP contribution in [0.15, 0.2) is 0 Å². The molecule has 0 nitrogen and oxygen atoms in total. The molecule has 0 fully saturated rings. The molecule has 0 radical (unpaired) electrons.